The second-order valence-electron chi connectivity index (χ2n) is 5.21. The number of amides is 2. The van der Waals surface area contributed by atoms with E-state index in [9.17, 15) is 14.4 Å². The summed E-state index contributed by atoms with van der Waals surface area (Å²) in [6.07, 6.45) is 1.54. The number of carboxylic acids is 1. The molecule has 1 aromatic carbocycles. The number of carboxylic acid groups (broad SMARTS) is 1. The van der Waals surface area contributed by atoms with E-state index in [0.717, 1.165) is 21.8 Å². The number of halogens is 1. The van der Waals surface area contributed by atoms with Gasteiger partial charge in [0, 0.05) is 11.0 Å². The first-order valence-corrected chi connectivity index (χ1v) is 9.33. The largest absolute Gasteiger partial charge is 0.481 e. The maximum atomic E-state index is 12.6. The van der Waals surface area contributed by atoms with Gasteiger partial charge in [0.2, 0.25) is 5.91 Å². The van der Waals surface area contributed by atoms with Crippen LogP contribution in [0.25, 0.3) is 6.08 Å². The van der Waals surface area contributed by atoms with Gasteiger partial charge in [-0.1, -0.05) is 52.0 Å². The highest BCUT2D eigenvalue weighted by Crippen LogP contribution is 2.34. The first kappa shape index (κ1) is 19.6. The van der Waals surface area contributed by atoms with E-state index in [1.165, 1.54) is 4.90 Å². The van der Waals surface area contributed by atoms with Crippen LogP contribution in [0, 0.1) is 0 Å². The Morgan fingerprint density at radius 1 is 1.40 bits per heavy atom. The molecule has 2 N–H and O–H groups in total. The molecule has 1 fully saturated rings. The second kappa shape index (κ2) is 8.59. The normalized spacial score (nSPS) is 17.0. The van der Waals surface area contributed by atoms with Crippen molar-refractivity contribution in [3.05, 3.63) is 39.2 Å². The molecule has 9 heteroatoms. The first-order valence-electron chi connectivity index (χ1n) is 7.31. The van der Waals surface area contributed by atoms with E-state index >= 15 is 0 Å². The second-order valence-corrected chi connectivity index (χ2v) is 7.81. The van der Waals surface area contributed by atoms with Gasteiger partial charge in [-0.15, -0.1) is 0 Å². The van der Waals surface area contributed by atoms with Gasteiger partial charge in [0.1, 0.15) is 10.4 Å². The van der Waals surface area contributed by atoms with E-state index in [1.807, 2.05) is 24.3 Å². The Balaban J connectivity index is 2.08. The van der Waals surface area contributed by atoms with Gasteiger partial charge in [0.05, 0.1) is 11.3 Å². The SMILES string of the molecule is CC(C(=O)NCCC(=O)O)N1C(=O)/C(=C/c2ccc(Br)cc2)SC1=S. The van der Waals surface area contributed by atoms with Crippen molar-refractivity contribution in [3.8, 4) is 0 Å². The van der Waals surface area contributed by atoms with E-state index in [4.69, 9.17) is 17.3 Å². The number of carbonyl (C=O) groups excluding carboxylic acids is 2. The van der Waals surface area contributed by atoms with Crippen molar-refractivity contribution in [3.63, 3.8) is 0 Å². The van der Waals surface area contributed by atoms with Crippen molar-refractivity contribution < 1.29 is 19.5 Å². The lowest BCUT2D eigenvalue weighted by Crippen LogP contribution is -2.47. The van der Waals surface area contributed by atoms with Crippen molar-refractivity contribution in [1.82, 2.24) is 10.2 Å². The average Bonchev–Trinajstić information content (AvgIpc) is 2.82. The lowest BCUT2D eigenvalue weighted by atomic mass is 10.2. The van der Waals surface area contributed by atoms with Crippen LogP contribution < -0.4 is 5.32 Å². The van der Waals surface area contributed by atoms with Gasteiger partial charge in [-0.05, 0) is 30.7 Å². The molecule has 1 atom stereocenters. The highest BCUT2D eigenvalue weighted by Gasteiger charge is 2.38. The van der Waals surface area contributed by atoms with Crippen molar-refractivity contribution >= 4 is 68.1 Å². The number of carbonyl (C=O) groups is 3. The molecule has 0 saturated carbocycles. The first-order chi connectivity index (χ1) is 11.8. The molecule has 25 heavy (non-hydrogen) atoms. The van der Waals surface area contributed by atoms with Crippen molar-refractivity contribution in [2.75, 3.05) is 6.54 Å². The van der Waals surface area contributed by atoms with E-state index < -0.39 is 17.9 Å². The van der Waals surface area contributed by atoms with Gasteiger partial charge in [0.25, 0.3) is 5.91 Å². The van der Waals surface area contributed by atoms with Crippen molar-refractivity contribution in [1.29, 1.82) is 0 Å². The summed E-state index contributed by atoms with van der Waals surface area (Å²) >= 11 is 9.72. The molecule has 0 radical (unpaired) electrons. The fraction of sp³-hybridized carbons (Fsp3) is 0.250. The Morgan fingerprint density at radius 3 is 2.64 bits per heavy atom. The minimum Gasteiger partial charge on any atom is -0.481 e. The maximum absolute atomic E-state index is 12.6. The van der Waals surface area contributed by atoms with Gasteiger partial charge >= 0.3 is 5.97 Å². The standard InChI is InChI=1S/C16H15BrN2O4S2/c1-9(14(22)18-7-6-13(20)21)19-15(23)12(25-16(19)24)8-10-2-4-11(17)5-3-10/h2-5,8-9H,6-7H2,1H3,(H,18,22)(H,20,21)/b12-8-. The van der Waals surface area contributed by atoms with E-state index in [1.54, 1.807) is 13.0 Å². The fourth-order valence-corrected chi connectivity index (χ4v) is 3.76. The number of hydrogen-bond acceptors (Lipinski definition) is 5. The summed E-state index contributed by atoms with van der Waals surface area (Å²) in [5.41, 5.74) is 0.849. The predicted octanol–water partition coefficient (Wildman–Crippen LogP) is 2.63. The number of aliphatic carboxylic acids is 1. The molecule has 6 nitrogen and oxygen atoms in total. The molecule has 0 aromatic heterocycles. The maximum Gasteiger partial charge on any atom is 0.305 e. The van der Waals surface area contributed by atoms with Crippen LogP contribution in [-0.4, -0.2) is 44.7 Å². The number of benzene rings is 1. The summed E-state index contributed by atoms with van der Waals surface area (Å²) < 4.78 is 1.23. The fourth-order valence-electron chi connectivity index (χ4n) is 2.08. The number of nitrogens with zero attached hydrogens (tertiary/aromatic N) is 1. The highest BCUT2D eigenvalue weighted by atomic mass is 79.9. The Kier molecular flexibility index (Phi) is 6.74. The van der Waals surface area contributed by atoms with Gasteiger partial charge < -0.3 is 10.4 Å². The topological polar surface area (TPSA) is 86.7 Å². The molecule has 0 aliphatic carbocycles. The summed E-state index contributed by atoms with van der Waals surface area (Å²) in [6, 6.07) is 6.64. The molecule has 1 aliphatic heterocycles. The van der Waals surface area contributed by atoms with E-state index in [0.29, 0.717) is 9.23 Å². The van der Waals surface area contributed by atoms with Crippen molar-refractivity contribution in [2.45, 2.75) is 19.4 Å². The van der Waals surface area contributed by atoms with Gasteiger partial charge in [-0.3, -0.25) is 19.3 Å². The average molecular weight is 443 g/mol. The van der Waals surface area contributed by atoms with Crippen LogP contribution in [0.1, 0.15) is 18.9 Å². The zero-order valence-corrected chi connectivity index (χ0v) is 16.4. The molecule has 1 unspecified atom stereocenters. The lowest BCUT2D eigenvalue weighted by Gasteiger charge is -2.22. The summed E-state index contributed by atoms with van der Waals surface area (Å²) in [7, 11) is 0. The number of thiocarbonyl (C=S) groups is 1. The van der Waals surface area contributed by atoms with Crippen LogP contribution in [-0.2, 0) is 14.4 Å². The van der Waals surface area contributed by atoms with Gasteiger partial charge in [0.15, 0.2) is 0 Å². The summed E-state index contributed by atoms with van der Waals surface area (Å²) in [4.78, 5) is 36.9. The molecule has 1 aliphatic rings. The summed E-state index contributed by atoms with van der Waals surface area (Å²) in [5, 5.41) is 11.1. The number of nitrogens with one attached hydrogen (secondary N) is 1. The lowest BCUT2D eigenvalue weighted by molar-refractivity contribution is -0.137. The van der Waals surface area contributed by atoms with E-state index in [-0.39, 0.29) is 18.9 Å². The molecule has 1 saturated heterocycles. The predicted molar refractivity (Wildman–Crippen MR) is 104 cm³/mol. The third kappa shape index (κ3) is 5.13. The third-order valence-electron chi connectivity index (χ3n) is 3.40. The quantitative estimate of drug-likeness (QED) is 0.520. The van der Waals surface area contributed by atoms with Crippen LogP contribution in [0.4, 0.5) is 0 Å². The molecule has 0 spiro atoms. The van der Waals surface area contributed by atoms with E-state index in [2.05, 4.69) is 21.2 Å². The number of thioether (sulfide) groups is 1. The van der Waals surface area contributed by atoms with Gasteiger partial charge in [-0.25, -0.2) is 0 Å². The molecule has 1 heterocycles. The molecule has 2 amide bonds. The highest BCUT2D eigenvalue weighted by molar-refractivity contribution is 9.10. The Labute approximate surface area is 162 Å². The number of rotatable bonds is 6. The van der Waals surface area contributed by atoms with Crippen LogP contribution in [0.2, 0.25) is 0 Å². The minimum atomic E-state index is -1.00. The monoisotopic (exact) mass is 442 g/mol. The third-order valence-corrected chi connectivity index (χ3v) is 5.26. The Hall–Kier alpha value is -1.71. The van der Waals surface area contributed by atoms with Crippen LogP contribution in [0.15, 0.2) is 33.6 Å². The van der Waals surface area contributed by atoms with Crippen molar-refractivity contribution in [2.24, 2.45) is 0 Å². The zero-order valence-electron chi connectivity index (χ0n) is 13.2. The van der Waals surface area contributed by atoms with Gasteiger partial charge in [-0.2, -0.15) is 0 Å². The van der Waals surface area contributed by atoms with Crippen LogP contribution in [0.3, 0.4) is 0 Å². The molecular weight excluding hydrogens is 428 g/mol. The summed E-state index contributed by atoms with van der Waals surface area (Å²) in [5.74, 6) is -1.78. The molecule has 2 rings (SSSR count). The molecular formula is C16H15BrN2O4S2. The zero-order chi connectivity index (χ0) is 18.6. The summed E-state index contributed by atoms with van der Waals surface area (Å²) in [6.45, 7) is 1.56. The van der Waals surface area contributed by atoms with Crippen LogP contribution in [0.5, 0.6) is 0 Å². The molecule has 0 bridgehead atoms. The Morgan fingerprint density at radius 2 is 2.04 bits per heavy atom. The minimum absolute atomic E-state index is 0.00202. The smallest absolute Gasteiger partial charge is 0.305 e. The van der Waals surface area contributed by atoms with Crippen LogP contribution >= 0.6 is 39.9 Å². The number of hydrogen-bond donors (Lipinski definition) is 2. The molecule has 132 valence electrons. The Bertz CT molecular complexity index is 749. The molecule has 1 aromatic rings.